The Morgan fingerprint density at radius 3 is 2.41 bits per heavy atom. The summed E-state index contributed by atoms with van der Waals surface area (Å²) in [5.74, 6) is 0.655. The third-order valence-corrected chi connectivity index (χ3v) is 5.10. The van der Waals surface area contributed by atoms with Crippen molar-refractivity contribution in [3.63, 3.8) is 0 Å². The number of benzene rings is 2. The molecule has 2 amide bonds. The molecule has 6 heteroatoms. The molecule has 1 saturated heterocycles. The fraction of sp³-hybridized carbons (Fsp3) is 0.391. The predicted octanol–water partition coefficient (Wildman–Crippen LogP) is 4.27. The molecule has 1 N–H and O–H groups in total. The lowest BCUT2D eigenvalue weighted by Crippen LogP contribution is -2.42. The van der Waals surface area contributed by atoms with Crippen LogP contribution in [0.15, 0.2) is 42.5 Å². The SMILES string of the molecule is Cc1ccc(C(=O)N2CC(C)CC(C)C2)cc1NC(=O)COc1ccc(F)cc1. The highest BCUT2D eigenvalue weighted by molar-refractivity contribution is 5.98. The van der Waals surface area contributed by atoms with Crippen LogP contribution in [0, 0.1) is 24.6 Å². The number of piperidine rings is 1. The van der Waals surface area contributed by atoms with Gasteiger partial charge in [0.05, 0.1) is 0 Å². The summed E-state index contributed by atoms with van der Waals surface area (Å²) in [6.07, 6.45) is 1.13. The second-order valence-electron chi connectivity index (χ2n) is 7.98. The van der Waals surface area contributed by atoms with Gasteiger partial charge in [-0.05, 0) is 67.1 Å². The quantitative estimate of drug-likeness (QED) is 0.818. The smallest absolute Gasteiger partial charge is 0.262 e. The molecule has 2 aromatic carbocycles. The summed E-state index contributed by atoms with van der Waals surface area (Å²) in [6.45, 7) is 7.50. The Hall–Kier alpha value is -2.89. The molecule has 0 radical (unpaired) electrons. The zero-order valence-corrected chi connectivity index (χ0v) is 17.1. The number of carbonyl (C=O) groups is 2. The standard InChI is InChI=1S/C23H27FN2O3/c1-15-10-16(2)13-26(12-15)23(28)18-5-4-17(3)21(11-18)25-22(27)14-29-20-8-6-19(24)7-9-20/h4-9,11,15-16H,10,12-14H2,1-3H3,(H,25,27). The molecular weight excluding hydrogens is 371 g/mol. The molecule has 0 aromatic heterocycles. The van der Waals surface area contributed by atoms with Crippen molar-refractivity contribution in [1.29, 1.82) is 0 Å². The van der Waals surface area contributed by atoms with Gasteiger partial charge in [0.25, 0.3) is 11.8 Å². The van der Waals surface area contributed by atoms with E-state index in [2.05, 4.69) is 19.2 Å². The predicted molar refractivity (Wildman–Crippen MR) is 111 cm³/mol. The van der Waals surface area contributed by atoms with E-state index >= 15 is 0 Å². The average Bonchev–Trinajstić information content (AvgIpc) is 2.68. The van der Waals surface area contributed by atoms with Gasteiger partial charge in [-0.15, -0.1) is 0 Å². The van der Waals surface area contributed by atoms with Gasteiger partial charge in [0, 0.05) is 24.3 Å². The van der Waals surface area contributed by atoms with Crippen LogP contribution in [0.1, 0.15) is 36.2 Å². The second-order valence-corrected chi connectivity index (χ2v) is 7.98. The number of anilines is 1. The highest BCUT2D eigenvalue weighted by Crippen LogP contribution is 2.24. The molecule has 154 valence electrons. The van der Waals surface area contributed by atoms with Crippen molar-refractivity contribution >= 4 is 17.5 Å². The summed E-state index contributed by atoms with van der Waals surface area (Å²) < 4.78 is 18.3. The molecule has 0 bridgehead atoms. The minimum atomic E-state index is -0.364. The Balaban J connectivity index is 1.64. The van der Waals surface area contributed by atoms with Crippen LogP contribution in [0.4, 0.5) is 10.1 Å². The van der Waals surface area contributed by atoms with Gasteiger partial charge < -0.3 is 15.0 Å². The molecule has 2 aromatic rings. The fourth-order valence-electron chi connectivity index (χ4n) is 3.77. The van der Waals surface area contributed by atoms with Crippen molar-refractivity contribution in [2.45, 2.75) is 27.2 Å². The lowest BCUT2D eigenvalue weighted by Gasteiger charge is -2.35. The summed E-state index contributed by atoms with van der Waals surface area (Å²) in [4.78, 5) is 27.1. The van der Waals surface area contributed by atoms with Crippen molar-refractivity contribution in [1.82, 2.24) is 4.90 Å². The number of hydrogen-bond donors (Lipinski definition) is 1. The third kappa shape index (κ3) is 5.56. The molecule has 0 spiro atoms. The van der Waals surface area contributed by atoms with E-state index in [1.165, 1.54) is 24.3 Å². The van der Waals surface area contributed by atoms with Crippen LogP contribution >= 0.6 is 0 Å². The number of hydrogen-bond acceptors (Lipinski definition) is 3. The molecule has 1 heterocycles. The van der Waals surface area contributed by atoms with Crippen LogP contribution in [0.5, 0.6) is 5.75 Å². The lowest BCUT2D eigenvalue weighted by molar-refractivity contribution is -0.118. The summed E-state index contributed by atoms with van der Waals surface area (Å²) >= 11 is 0. The van der Waals surface area contributed by atoms with Crippen molar-refractivity contribution in [3.8, 4) is 5.75 Å². The molecule has 1 aliphatic heterocycles. The summed E-state index contributed by atoms with van der Waals surface area (Å²) in [5, 5.41) is 2.80. The van der Waals surface area contributed by atoms with Gasteiger partial charge in [-0.25, -0.2) is 4.39 Å². The van der Waals surface area contributed by atoms with E-state index in [0.717, 1.165) is 25.1 Å². The summed E-state index contributed by atoms with van der Waals surface area (Å²) in [6, 6.07) is 10.8. The Kier molecular flexibility index (Phi) is 6.52. The number of nitrogens with zero attached hydrogens (tertiary/aromatic N) is 1. The Morgan fingerprint density at radius 1 is 1.10 bits per heavy atom. The minimum absolute atomic E-state index is 0.0125. The van der Waals surface area contributed by atoms with Gasteiger partial charge in [-0.3, -0.25) is 9.59 Å². The summed E-state index contributed by atoms with van der Waals surface area (Å²) in [5.41, 5.74) is 2.00. The second kappa shape index (κ2) is 9.07. The van der Waals surface area contributed by atoms with Gasteiger partial charge in [-0.1, -0.05) is 19.9 Å². The first kappa shape index (κ1) is 20.8. The van der Waals surface area contributed by atoms with Gasteiger partial charge in [-0.2, -0.15) is 0 Å². The van der Waals surface area contributed by atoms with E-state index in [0.29, 0.717) is 28.8 Å². The van der Waals surface area contributed by atoms with E-state index in [9.17, 15) is 14.0 Å². The van der Waals surface area contributed by atoms with E-state index < -0.39 is 0 Å². The normalized spacial score (nSPS) is 19.0. The molecule has 1 aliphatic rings. The minimum Gasteiger partial charge on any atom is -0.484 e. The topological polar surface area (TPSA) is 58.6 Å². The lowest BCUT2D eigenvalue weighted by atomic mass is 9.91. The number of likely N-dealkylation sites (tertiary alicyclic amines) is 1. The van der Waals surface area contributed by atoms with Crippen LogP contribution < -0.4 is 10.1 Å². The van der Waals surface area contributed by atoms with Crippen LogP contribution in [0.3, 0.4) is 0 Å². The van der Waals surface area contributed by atoms with Crippen LogP contribution in [0.25, 0.3) is 0 Å². The fourth-order valence-corrected chi connectivity index (χ4v) is 3.77. The first-order chi connectivity index (χ1) is 13.8. The Labute approximate surface area is 170 Å². The molecule has 1 fully saturated rings. The largest absolute Gasteiger partial charge is 0.484 e. The molecule has 3 rings (SSSR count). The van der Waals surface area contributed by atoms with Crippen LogP contribution in [0.2, 0.25) is 0 Å². The number of carbonyl (C=O) groups excluding carboxylic acids is 2. The molecule has 2 atom stereocenters. The van der Waals surface area contributed by atoms with Gasteiger partial charge in [0.2, 0.25) is 0 Å². The molecule has 5 nitrogen and oxygen atoms in total. The Morgan fingerprint density at radius 2 is 1.76 bits per heavy atom. The number of aryl methyl sites for hydroxylation is 1. The maximum absolute atomic E-state index is 12.9. The maximum Gasteiger partial charge on any atom is 0.262 e. The Bertz CT molecular complexity index is 872. The molecule has 0 aliphatic carbocycles. The van der Waals surface area contributed by atoms with Crippen molar-refractivity contribution in [2.75, 3.05) is 25.0 Å². The van der Waals surface area contributed by atoms with Gasteiger partial charge in [0.1, 0.15) is 11.6 Å². The van der Waals surface area contributed by atoms with Gasteiger partial charge >= 0.3 is 0 Å². The monoisotopic (exact) mass is 398 g/mol. The molecule has 0 saturated carbocycles. The molecule has 29 heavy (non-hydrogen) atoms. The average molecular weight is 398 g/mol. The maximum atomic E-state index is 12.9. The first-order valence-electron chi connectivity index (χ1n) is 9.90. The molecular formula is C23H27FN2O3. The van der Waals surface area contributed by atoms with Crippen LogP contribution in [-0.2, 0) is 4.79 Å². The zero-order valence-electron chi connectivity index (χ0n) is 17.1. The number of nitrogens with one attached hydrogen (secondary N) is 1. The highest BCUT2D eigenvalue weighted by atomic mass is 19.1. The number of halogens is 1. The van der Waals surface area contributed by atoms with E-state index in [1.807, 2.05) is 17.9 Å². The van der Waals surface area contributed by atoms with Crippen LogP contribution in [-0.4, -0.2) is 36.4 Å². The highest BCUT2D eigenvalue weighted by Gasteiger charge is 2.26. The van der Waals surface area contributed by atoms with E-state index in [4.69, 9.17) is 4.74 Å². The third-order valence-electron chi connectivity index (χ3n) is 5.10. The number of rotatable bonds is 5. The molecule has 2 unspecified atom stereocenters. The van der Waals surface area contributed by atoms with E-state index in [1.54, 1.807) is 12.1 Å². The van der Waals surface area contributed by atoms with Gasteiger partial charge in [0.15, 0.2) is 6.61 Å². The van der Waals surface area contributed by atoms with Crippen molar-refractivity contribution in [3.05, 3.63) is 59.4 Å². The van der Waals surface area contributed by atoms with E-state index in [-0.39, 0.29) is 24.2 Å². The number of ether oxygens (including phenoxy) is 1. The zero-order chi connectivity index (χ0) is 21.0. The summed E-state index contributed by atoms with van der Waals surface area (Å²) in [7, 11) is 0. The number of amides is 2. The van der Waals surface area contributed by atoms with Crippen molar-refractivity contribution < 1.29 is 18.7 Å². The first-order valence-corrected chi connectivity index (χ1v) is 9.90. The van der Waals surface area contributed by atoms with Crippen molar-refractivity contribution in [2.24, 2.45) is 11.8 Å².